The van der Waals surface area contributed by atoms with Gasteiger partial charge < -0.3 is 10.6 Å². The van der Waals surface area contributed by atoms with E-state index in [2.05, 4.69) is 20.6 Å². The fourth-order valence-corrected chi connectivity index (χ4v) is 2.77. The van der Waals surface area contributed by atoms with E-state index < -0.39 is 0 Å². The molecule has 0 radical (unpaired) electrons. The molecule has 2 heterocycles. The van der Waals surface area contributed by atoms with Gasteiger partial charge in [0.15, 0.2) is 5.69 Å². The second-order valence-electron chi connectivity index (χ2n) is 5.77. The number of nitrogens with one attached hydrogen (secondary N) is 2. The molecule has 2 N–H and O–H groups in total. The third-order valence-electron chi connectivity index (χ3n) is 4.04. The second kappa shape index (κ2) is 7.39. The first-order chi connectivity index (χ1) is 11.2. The van der Waals surface area contributed by atoms with E-state index in [1.165, 1.54) is 0 Å². The first kappa shape index (κ1) is 15.7. The van der Waals surface area contributed by atoms with Gasteiger partial charge in [-0.25, -0.2) is 4.68 Å². The van der Waals surface area contributed by atoms with Crippen LogP contribution in [0.15, 0.2) is 36.4 Å². The number of nitrogens with zero attached hydrogens (tertiary/aromatic N) is 3. The number of carbonyl (C=O) groups excluding carboxylic acids is 1. The van der Waals surface area contributed by atoms with Gasteiger partial charge in [0.1, 0.15) is 0 Å². The number of carbonyl (C=O) groups is 1. The predicted octanol–water partition coefficient (Wildman–Crippen LogP) is 0.816. The molecule has 0 aliphatic carbocycles. The Bertz CT molecular complexity index is 646. The molecular weight excluding hydrogens is 290 g/mol. The Hall–Kier alpha value is -2.18. The van der Waals surface area contributed by atoms with Crippen molar-refractivity contribution in [2.75, 3.05) is 39.3 Å². The number of aromatic nitrogens is 2. The molecule has 1 aromatic carbocycles. The van der Waals surface area contributed by atoms with E-state index in [1.54, 1.807) is 4.68 Å². The molecule has 122 valence electrons. The van der Waals surface area contributed by atoms with Gasteiger partial charge in [0, 0.05) is 45.0 Å². The lowest BCUT2D eigenvalue weighted by atomic mass is 10.3. The Morgan fingerprint density at radius 3 is 2.74 bits per heavy atom. The van der Waals surface area contributed by atoms with E-state index in [0.29, 0.717) is 12.2 Å². The molecule has 1 fully saturated rings. The Morgan fingerprint density at radius 2 is 2.00 bits per heavy atom. The summed E-state index contributed by atoms with van der Waals surface area (Å²) in [5, 5.41) is 10.7. The Kier molecular flexibility index (Phi) is 5.05. The number of rotatable bonds is 5. The van der Waals surface area contributed by atoms with E-state index in [4.69, 9.17) is 0 Å². The number of hydrogen-bond donors (Lipinski definition) is 2. The highest BCUT2D eigenvalue weighted by molar-refractivity contribution is 5.92. The molecule has 1 aliphatic heterocycles. The van der Waals surface area contributed by atoms with Crippen LogP contribution in [0.4, 0.5) is 0 Å². The molecule has 6 heteroatoms. The average molecular weight is 313 g/mol. The van der Waals surface area contributed by atoms with Crippen LogP contribution in [0.5, 0.6) is 0 Å². The van der Waals surface area contributed by atoms with Crippen molar-refractivity contribution in [3.8, 4) is 5.69 Å². The normalized spacial score (nSPS) is 15.5. The van der Waals surface area contributed by atoms with Gasteiger partial charge in [-0.15, -0.1) is 0 Å². The molecule has 6 nitrogen and oxygen atoms in total. The topological polar surface area (TPSA) is 62.2 Å². The number of benzene rings is 1. The van der Waals surface area contributed by atoms with Crippen molar-refractivity contribution in [3.05, 3.63) is 47.8 Å². The highest BCUT2D eigenvalue weighted by Crippen LogP contribution is 2.11. The Balaban J connectivity index is 1.57. The van der Waals surface area contributed by atoms with Crippen LogP contribution in [0.1, 0.15) is 16.2 Å². The highest BCUT2D eigenvalue weighted by atomic mass is 16.1. The van der Waals surface area contributed by atoms with Crippen LogP contribution in [0.3, 0.4) is 0 Å². The summed E-state index contributed by atoms with van der Waals surface area (Å²) in [7, 11) is 0. The summed E-state index contributed by atoms with van der Waals surface area (Å²) in [5.74, 6) is -0.113. The zero-order valence-corrected chi connectivity index (χ0v) is 13.5. The predicted molar refractivity (Wildman–Crippen MR) is 89.9 cm³/mol. The van der Waals surface area contributed by atoms with Crippen LogP contribution in [-0.2, 0) is 0 Å². The minimum Gasteiger partial charge on any atom is -0.349 e. The molecule has 1 amide bonds. The van der Waals surface area contributed by atoms with E-state index in [0.717, 1.165) is 44.1 Å². The van der Waals surface area contributed by atoms with E-state index >= 15 is 0 Å². The summed E-state index contributed by atoms with van der Waals surface area (Å²) >= 11 is 0. The summed E-state index contributed by atoms with van der Waals surface area (Å²) < 4.78 is 1.80. The van der Waals surface area contributed by atoms with Gasteiger partial charge in [-0.2, -0.15) is 5.10 Å². The molecule has 1 saturated heterocycles. The monoisotopic (exact) mass is 313 g/mol. The van der Waals surface area contributed by atoms with Crippen molar-refractivity contribution < 1.29 is 4.79 Å². The van der Waals surface area contributed by atoms with Gasteiger partial charge in [0.05, 0.1) is 5.69 Å². The van der Waals surface area contributed by atoms with E-state index in [9.17, 15) is 4.79 Å². The average Bonchev–Trinajstić information content (AvgIpc) is 2.98. The van der Waals surface area contributed by atoms with Crippen LogP contribution in [0.25, 0.3) is 5.69 Å². The van der Waals surface area contributed by atoms with Crippen molar-refractivity contribution >= 4 is 5.91 Å². The van der Waals surface area contributed by atoms with Gasteiger partial charge in [-0.3, -0.25) is 9.69 Å². The van der Waals surface area contributed by atoms with Crippen molar-refractivity contribution in [2.24, 2.45) is 0 Å². The maximum atomic E-state index is 12.3. The smallest absolute Gasteiger partial charge is 0.271 e. The van der Waals surface area contributed by atoms with E-state index in [1.807, 2.05) is 43.3 Å². The zero-order chi connectivity index (χ0) is 16.1. The summed E-state index contributed by atoms with van der Waals surface area (Å²) in [5.41, 5.74) is 2.37. The first-order valence-electron chi connectivity index (χ1n) is 8.07. The molecule has 0 spiro atoms. The van der Waals surface area contributed by atoms with Crippen molar-refractivity contribution in [3.63, 3.8) is 0 Å². The zero-order valence-electron chi connectivity index (χ0n) is 13.5. The molecule has 2 aromatic rings. The maximum absolute atomic E-state index is 12.3. The molecular formula is C17H23N5O. The minimum absolute atomic E-state index is 0.113. The van der Waals surface area contributed by atoms with Gasteiger partial charge >= 0.3 is 0 Å². The Labute approximate surface area is 136 Å². The fraction of sp³-hybridized carbons (Fsp3) is 0.412. The van der Waals surface area contributed by atoms with Gasteiger partial charge in [-0.1, -0.05) is 18.2 Å². The largest absolute Gasteiger partial charge is 0.349 e. The van der Waals surface area contributed by atoms with Gasteiger partial charge in [0.25, 0.3) is 5.91 Å². The van der Waals surface area contributed by atoms with E-state index in [-0.39, 0.29) is 5.91 Å². The summed E-state index contributed by atoms with van der Waals surface area (Å²) in [6.45, 7) is 7.61. The molecule has 23 heavy (non-hydrogen) atoms. The quantitative estimate of drug-likeness (QED) is 0.858. The minimum atomic E-state index is -0.113. The summed E-state index contributed by atoms with van der Waals surface area (Å²) in [4.78, 5) is 14.6. The lowest BCUT2D eigenvalue weighted by Crippen LogP contribution is -2.46. The molecule has 1 aromatic heterocycles. The first-order valence-corrected chi connectivity index (χ1v) is 8.07. The Morgan fingerprint density at radius 1 is 1.26 bits per heavy atom. The fourth-order valence-electron chi connectivity index (χ4n) is 2.77. The lowest BCUT2D eigenvalue weighted by Gasteiger charge is -2.26. The molecule has 0 saturated carbocycles. The van der Waals surface area contributed by atoms with Crippen LogP contribution in [-0.4, -0.2) is 59.9 Å². The highest BCUT2D eigenvalue weighted by Gasteiger charge is 2.14. The second-order valence-corrected chi connectivity index (χ2v) is 5.77. The third kappa shape index (κ3) is 3.97. The van der Waals surface area contributed by atoms with Crippen LogP contribution in [0, 0.1) is 6.92 Å². The lowest BCUT2D eigenvalue weighted by molar-refractivity contribution is 0.0942. The third-order valence-corrected chi connectivity index (χ3v) is 4.04. The number of aryl methyl sites for hydroxylation is 1. The molecule has 0 unspecified atom stereocenters. The molecule has 0 atom stereocenters. The van der Waals surface area contributed by atoms with Crippen molar-refractivity contribution in [1.82, 2.24) is 25.3 Å². The summed E-state index contributed by atoms with van der Waals surface area (Å²) in [6.07, 6.45) is 0. The number of amides is 1. The standard InChI is InChI=1S/C17H23N5O/c1-14-13-16(20-22(14)15-5-3-2-4-6-15)17(23)19-9-12-21-10-7-18-8-11-21/h2-6,13,18H,7-12H2,1H3,(H,19,23). The van der Waals surface area contributed by atoms with Crippen molar-refractivity contribution in [1.29, 1.82) is 0 Å². The maximum Gasteiger partial charge on any atom is 0.271 e. The molecule has 0 bridgehead atoms. The number of hydrogen-bond acceptors (Lipinski definition) is 4. The van der Waals surface area contributed by atoms with Crippen LogP contribution in [0.2, 0.25) is 0 Å². The molecule has 3 rings (SSSR count). The van der Waals surface area contributed by atoms with Gasteiger partial charge in [0.2, 0.25) is 0 Å². The SMILES string of the molecule is Cc1cc(C(=O)NCCN2CCNCC2)nn1-c1ccccc1. The van der Waals surface area contributed by atoms with Crippen LogP contribution >= 0.6 is 0 Å². The molecule has 1 aliphatic rings. The van der Waals surface area contributed by atoms with Crippen LogP contribution < -0.4 is 10.6 Å². The number of piperazine rings is 1. The summed E-state index contributed by atoms with van der Waals surface area (Å²) in [6, 6.07) is 11.7. The number of para-hydroxylation sites is 1. The van der Waals surface area contributed by atoms with Crippen molar-refractivity contribution in [2.45, 2.75) is 6.92 Å². The van der Waals surface area contributed by atoms with Gasteiger partial charge in [-0.05, 0) is 25.1 Å².